The third-order valence-electron chi connectivity index (χ3n) is 3.82. The summed E-state index contributed by atoms with van der Waals surface area (Å²) in [5.74, 6) is -0.829. The predicted molar refractivity (Wildman–Crippen MR) is 93.4 cm³/mol. The molecule has 1 heterocycles. The number of carbonyl (C=O) groups is 2. The second kappa shape index (κ2) is 7.93. The highest BCUT2D eigenvalue weighted by molar-refractivity contribution is 6.30. The Kier molecular flexibility index (Phi) is 5.93. The van der Waals surface area contributed by atoms with Gasteiger partial charge in [-0.25, -0.2) is 0 Å². The van der Waals surface area contributed by atoms with Gasteiger partial charge in [0.15, 0.2) is 11.8 Å². The van der Waals surface area contributed by atoms with Crippen LogP contribution in [0.4, 0.5) is 0 Å². The van der Waals surface area contributed by atoms with Crippen LogP contribution >= 0.6 is 11.6 Å². The van der Waals surface area contributed by atoms with Crippen molar-refractivity contribution in [2.45, 2.75) is 19.9 Å². The number of carbonyl (C=O) groups excluding carboxylic acids is 2. The van der Waals surface area contributed by atoms with Gasteiger partial charge in [0.25, 0.3) is 11.5 Å². The first-order chi connectivity index (χ1) is 11.5. The molecule has 0 saturated carbocycles. The molecule has 1 aromatic heterocycles. The Balaban J connectivity index is 2.52. The lowest BCUT2D eigenvalue weighted by Gasteiger charge is -2.25. The minimum absolute atomic E-state index is 0.334. The van der Waals surface area contributed by atoms with Crippen LogP contribution in [-0.4, -0.2) is 34.2 Å². The van der Waals surface area contributed by atoms with Crippen molar-refractivity contribution >= 4 is 23.3 Å². The monoisotopic (exact) mass is 346 g/mol. The van der Waals surface area contributed by atoms with E-state index in [0.29, 0.717) is 23.7 Å². The molecule has 1 atom stereocenters. The molecule has 2 aromatic rings. The van der Waals surface area contributed by atoms with Gasteiger partial charge < -0.3 is 4.90 Å². The molecule has 0 radical (unpaired) electrons. The fourth-order valence-corrected chi connectivity index (χ4v) is 2.62. The minimum Gasteiger partial charge on any atom is -0.341 e. The second-order valence-electron chi connectivity index (χ2n) is 5.23. The van der Waals surface area contributed by atoms with Crippen molar-refractivity contribution in [3.63, 3.8) is 0 Å². The average Bonchev–Trinajstić information content (AvgIpc) is 2.58. The molecule has 24 heavy (non-hydrogen) atoms. The van der Waals surface area contributed by atoms with Crippen LogP contribution in [0.3, 0.4) is 0 Å². The van der Waals surface area contributed by atoms with Crippen LogP contribution in [0.1, 0.15) is 30.2 Å². The smallest absolute Gasteiger partial charge is 0.253 e. The van der Waals surface area contributed by atoms with Gasteiger partial charge in [0, 0.05) is 35.9 Å². The summed E-state index contributed by atoms with van der Waals surface area (Å²) in [6.45, 7) is 4.58. The summed E-state index contributed by atoms with van der Waals surface area (Å²) in [5.41, 5.74) is -0.0639. The summed E-state index contributed by atoms with van der Waals surface area (Å²) < 4.78 is 1.18. The Morgan fingerprint density at radius 3 is 2.25 bits per heavy atom. The Hall–Kier alpha value is -2.40. The van der Waals surface area contributed by atoms with Crippen LogP contribution in [-0.2, 0) is 4.79 Å². The van der Waals surface area contributed by atoms with Crippen molar-refractivity contribution in [3.05, 3.63) is 69.6 Å². The number of ketones is 1. The molecule has 0 aliphatic carbocycles. The van der Waals surface area contributed by atoms with Crippen LogP contribution in [0, 0.1) is 0 Å². The predicted octanol–water partition coefficient (Wildman–Crippen LogP) is 2.79. The van der Waals surface area contributed by atoms with Gasteiger partial charge in [-0.05, 0) is 44.2 Å². The quantitative estimate of drug-likeness (QED) is 0.597. The van der Waals surface area contributed by atoms with Gasteiger partial charge in [-0.15, -0.1) is 0 Å². The number of aromatic nitrogens is 1. The van der Waals surface area contributed by atoms with Crippen LogP contribution in [0.2, 0.25) is 5.02 Å². The molecule has 0 aliphatic rings. The number of halogens is 1. The summed E-state index contributed by atoms with van der Waals surface area (Å²) in [7, 11) is 0. The zero-order valence-electron chi connectivity index (χ0n) is 13.6. The lowest BCUT2D eigenvalue weighted by atomic mass is 10.0. The van der Waals surface area contributed by atoms with E-state index in [1.54, 1.807) is 36.4 Å². The van der Waals surface area contributed by atoms with Gasteiger partial charge in [0.05, 0.1) is 0 Å². The maximum absolute atomic E-state index is 12.9. The molecule has 0 aliphatic heterocycles. The fraction of sp³-hybridized carbons (Fsp3) is 0.278. The van der Waals surface area contributed by atoms with E-state index in [-0.39, 0.29) is 0 Å². The molecule has 0 spiro atoms. The number of hydrogen-bond acceptors (Lipinski definition) is 3. The molecule has 6 heteroatoms. The van der Waals surface area contributed by atoms with E-state index in [2.05, 4.69) is 0 Å². The van der Waals surface area contributed by atoms with Crippen molar-refractivity contribution in [1.29, 1.82) is 0 Å². The first-order valence-corrected chi connectivity index (χ1v) is 8.13. The van der Waals surface area contributed by atoms with Crippen LogP contribution in [0.15, 0.2) is 53.5 Å². The Bertz CT molecular complexity index is 779. The first-order valence-electron chi connectivity index (χ1n) is 7.75. The summed E-state index contributed by atoms with van der Waals surface area (Å²) in [6.07, 6.45) is 1.46. The number of Topliss-reactive ketones (excluding diaryl/α,β-unsaturated/α-hetero) is 1. The molecule has 1 aromatic carbocycles. The van der Waals surface area contributed by atoms with E-state index in [1.165, 1.54) is 21.7 Å². The Morgan fingerprint density at radius 1 is 1.08 bits per heavy atom. The van der Waals surface area contributed by atoms with Gasteiger partial charge in [0.2, 0.25) is 0 Å². The van der Waals surface area contributed by atoms with E-state index < -0.39 is 23.3 Å². The number of nitrogens with zero attached hydrogens (tertiary/aromatic N) is 2. The van der Waals surface area contributed by atoms with Crippen LogP contribution < -0.4 is 5.56 Å². The summed E-state index contributed by atoms with van der Waals surface area (Å²) >= 11 is 5.85. The third-order valence-corrected chi connectivity index (χ3v) is 4.07. The number of benzene rings is 1. The maximum Gasteiger partial charge on any atom is 0.253 e. The molecule has 126 valence electrons. The van der Waals surface area contributed by atoms with Gasteiger partial charge in [-0.2, -0.15) is 0 Å². The van der Waals surface area contributed by atoms with E-state index >= 15 is 0 Å². The highest BCUT2D eigenvalue weighted by atomic mass is 35.5. The average molecular weight is 347 g/mol. The zero-order chi connectivity index (χ0) is 17.7. The van der Waals surface area contributed by atoms with Crippen molar-refractivity contribution in [2.24, 2.45) is 0 Å². The topological polar surface area (TPSA) is 59.4 Å². The van der Waals surface area contributed by atoms with Gasteiger partial charge in [0.1, 0.15) is 0 Å². The van der Waals surface area contributed by atoms with Gasteiger partial charge in [-0.1, -0.05) is 17.7 Å². The van der Waals surface area contributed by atoms with Crippen LogP contribution in [0.5, 0.6) is 0 Å². The molecule has 5 nitrogen and oxygen atoms in total. The normalized spacial score (nSPS) is 11.8. The van der Waals surface area contributed by atoms with E-state index in [4.69, 9.17) is 11.6 Å². The molecule has 0 N–H and O–H groups in total. The van der Waals surface area contributed by atoms with Crippen LogP contribution in [0.25, 0.3) is 0 Å². The molecular weight excluding hydrogens is 328 g/mol. The largest absolute Gasteiger partial charge is 0.341 e. The number of pyridine rings is 1. The Labute approximate surface area is 145 Å². The fourth-order valence-electron chi connectivity index (χ4n) is 2.49. The molecule has 0 unspecified atom stereocenters. The van der Waals surface area contributed by atoms with Crippen molar-refractivity contribution < 1.29 is 9.59 Å². The lowest BCUT2D eigenvalue weighted by Crippen LogP contribution is -2.43. The zero-order valence-corrected chi connectivity index (χ0v) is 14.4. The number of amides is 1. The van der Waals surface area contributed by atoms with Crippen molar-refractivity contribution in [1.82, 2.24) is 9.47 Å². The third kappa shape index (κ3) is 3.74. The molecule has 0 fully saturated rings. The minimum atomic E-state index is -1.22. The molecular formula is C18H19ClN2O3. The second-order valence-corrected chi connectivity index (χ2v) is 5.67. The molecule has 1 amide bonds. The van der Waals surface area contributed by atoms with E-state index in [0.717, 1.165) is 0 Å². The lowest BCUT2D eigenvalue weighted by molar-refractivity contribution is -0.133. The number of likely N-dealkylation sites (N-methyl/N-ethyl adjacent to an activating group) is 1. The van der Waals surface area contributed by atoms with Crippen molar-refractivity contribution in [3.8, 4) is 0 Å². The van der Waals surface area contributed by atoms with E-state index in [9.17, 15) is 14.4 Å². The summed E-state index contributed by atoms with van der Waals surface area (Å²) in [5, 5.41) is 0.495. The highest BCUT2D eigenvalue weighted by Gasteiger charge is 2.32. The number of hydrogen-bond donors (Lipinski definition) is 0. The van der Waals surface area contributed by atoms with Gasteiger partial charge in [-0.3, -0.25) is 19.0 Å². The number of rotatable bonds is 6. The highest BCUT2D eigenvalue weighted by Crippen LogP contribution is 2.18. The summed E-state index contributed by atoms with van der Waals surface area (Å²) in [6, 6.07) is 9.59. The molecule has 2 rings (SSSR count). The SMILES string of the molecule is CCN(CC)C(=O)[C@H](C(=O)c1ccc(Cl)cc1)n1ccccc1=O. The molecule has 0 bridgehead atoms. The summed E-state index contributed by atoms with van der Waals surface area (Å²) in [4.78, 5) is 39.5. The standard InChI is InChI=1S/C18H19ClN2O3/c1-3-20(4-2)18(24)16(21-12-6-5-7-15(21)22)17(23)13-8-10-14(19)11-9-13/h5-12,16H,3-4H2,1-2H3/t16-/m0/s1. The van der Waals surface area contributed by atoms with Crippen molar-refractivity contribution in [2.75, 3.05) is 13.1 Å². The Morgan fingerprint density at radius 2 is 1.71 bits per heavy atom. The maximum atomic E-state index is 12.9. The van der Waals surface area contributed by atoms with E-state index in [1.807, 2.05) is 13.8 Å². The van der Waals surface area contributed by atoms with Gasteiger partial charge >= 0.3 is 0 Å². The first kappa shape index (κ1) is 17.9. The molecule has 0 saturated heterocycles.